The van der Waals surface area contributed by atoms with E-state index in [-0.39, 0.29) is 6.10 Å². The molecule has 3 atom stereocenters. The van der Waals surface area contributed by atoms with Crippen molar-refractivity contribution in [2.75, 3.05) is 21.3 Å². The Labute approximate surface area is 105 Å². The van der Waals surface area contributed by atoms with Gasteiger partial charge in [0.1, 0.15) is 18.3 Å². The highest BCUT2D eigenvalue weighted by atomic mass is 28.3. The Morgan fingerprint density at radius 3 is 1.76 bits per heavy atom. The first kappa shape index (κ1) is 16.5. The van der Waals surface area contributed by atoms with Crippen LogP contribution in [-0.4, -0.2) is 54.0 Å². The number of carbonyl (C=O) groups is 1. The summed E-state index contributed by atoms with van der Waals surface area (Å²) < 4.78 is 15.7. The molecule has 0 radical (unpaired) electrons. The Morgan fingerprint density at radius 1 is 0.941 bits per heavy atom. The molecular weight excluding hydrogens is 236 g/mol. The molecule has 0 saturated heterocycles. The van der Waals surface area contributed by atoms with Gasteiger partial charge in [0.2, 0.25) is 0 Å². The maximum atomic E-state index is 10.9. The van der Waals surface area contributed by atoms with E-state index >= 15 is 0 Å². The second-order valence-electron chi connectivity index (χ2n) is 4.96. The highest BCUT2D eigenvalue weighted by Gasteiger charge is 2.28. The van der Waals surface area contributed by atoms with Crippen molar-refractivity contribution in [3.8, 4) is 0 Å². The summed E-state index contributed by atoms with van der Waals surface area (Å²) in [5.74, 6) is 0. The molecule has 0 aliphatic rings. The van der Waals surface area contributed by atoms with E-state index in [0.29, 0.717) is 0 Å². The highest BCUT2D eigenvalue weighted by molar-refractivity contribution is 6.80. The SMILES string of the molecule is CO[C@@H]([C@H](C=O)OC)[C@H](/C=C\[Si](C)(C)C)OC. The number of carbonyl (C=O) groups excluding carboxylic acids is 1. The molecule has 0 N–H and O–H groups in total. The summed E-state index contributed by atoms with van der Waals surface area (Å²) in [5.41, 5.74) is 2.17. The Kier molecular flexibility index (Phi) is 7.54. The van der Waals surface area contributed by atoms with Crippen molar-refractivity contribution in [1.29, 1.82) is 0 Å². The Balaban J connectivity index is 4.81. The first-order chi connectivity index (χ1) is 7.89. The van der Waals surface area contributed by atoms with Gasteiger partial charge in [0.05, 0.1) is 8.07 Å². The minimum Gasteiger partial charge on any atom is -0.375 e. The molecular formula is C12H24O4Si. The van der Waals surface area contributed by atoms with Crippen molar-refractivity contribution < 1.29 is 19.0 Å². The first-order valence-corrected chi connectivity index (χ1v) is 9.20. The van der Waals surface area contributed by atoms with Crippen molar-refractivity contribution >= 4 is 14.4 Å². The fourth-order valence-electron chi connectivity index (χ4n) is 1.43. The lowest BCUT2D eigenvalue weighted by atomic mass is 10.1. The van der Waals surface area contributed by atoms with Crippen LogP contribution >= 0.6 is 0 Å². The third-order valence-corrected chi connectivity index (χ3v) is 3.58. The molecule has 0 heterocycles. The van der Waals surface area contributed by atoms with Gasteiger partial charge in [0, 0.05) is 21.3 Å². The largest absolute Gasteiger partial charge is 0.375 e. The van der Waals surface area contributed by atoms with Crippen LogP contribution in [0.5, 0.6) is 0 Å². The zero-order valence-electron chi connectivity index (χ0n) is 11.6. The lowest BCUT2D eigenvalue weighted by molar-refractivity contribution is -0.132. The minimum atomic E-state index is -1.30. The summed E-state index contributed by atoms with van der Waals surface area (Å²) in [6.45, 7) is 6.68. The third kappa shape index (κ3) is 6.12. The molecule has 5 heteroatoms. The number of methoxy groups -OCH3 is 3. The molecule has 100 valence electrons. The van der Waals surface area contributed by atoms with Gasteiger partial charge in [-0.25, -0.2) is 0 Å². The van der Waals surface area contributed by atoms with Crippen molar-refractivity contribution in [2.24, 2.45) is 0 Å². The number of hydrogen-bond donors (Lipinski definition) is 0. The quantitative estimate of drug-likeness (QED) is 0.492. The summed E-state index contributed by atoms with van der Waals surface area (Å²) in [6, 6.07) is 0. The van der Waals surface area contributed by atoms with Crippen LogP contribution in [0.15, 0.2) is 11.8 Å². The Morgan fingerprint density at radius 2 is 1.47 bits per heavy atom. The summed E-state index contributed by atoms with van der Waals surface area (Å²) in [5, 5.41) is 0. The van der Waals surface area contributed by atoms with E-state index in [9.17, 15) is 4.79 Å². The highest BCUT2D eigenvalue weighted by Crippen LogP contribution is 2.13. The van der Waals surface area contributed by atoms with Gasteiger partial charge in [-0.15, -0.1) is 0 Å². The number of ether oxygens (including phenoxy) is 3. The minimum absolute atomic E-state index is 0.276. The van der Waals surface area contributed by atoms with E-state index < -0.39 is 20.3 Å². The van der Waals surface area contributed by atoms with Crippen LogP contribution in [0.4, 0.5) is 0 Å². The second-order valence-corrected chi connectivity index (χ2v) is 10.0. The molecule has 4 nitrogen and oxygen atoms in total. The predicted molar refractivity (Wildman–Crippen MR) is 70.9 cm³/mol. The normalized spacial score (nSPS) is 18.0. The van der Waals surface area contributed by atoms with E-state index in [4.69, 9.17) is 14.2 Å². The van der Waals surface area contributed by atoms with Crippen molar-refractivity contribution in [3.63, 3.8) is 0 Å². The van der Waals surface area contributed by atoms with Gasteiger partial charge in [-0.2, -0.15) is 0 Å². The predicted octanol–water partition coefficient (Wildman–Crippen LogP) is 1.66. The lowest BCUT2D eigenvalue weighted by Crippen LogP contribution is -2.41. The third-order valence-electron chi connectivity index (χ3n) is 2.38. The summed E-state index contributed by atoms with van der Waals surface area (Å²) in [7, 11) is 3.34. The smallest absolute Gasteiger partial charge is 0.151 e. The molecule has 0 amide bonds. The van der Waals surface area contributed by atoms with Gasteiger partial charge >= 0.3 is 0 Å². The summed E-state index contributed by atoms with van der Waals surface area (Å²) in [6.07, 6.45) is 1.39. The maximum absolute atomic E-state index is 10.9. The van der Waals surface area contributed by atoms with Crippen LogP contribution in [-0.2, 0) is 19.0 Å². The fourth-order valence-corrected chi connectivity index (χ4v) is 2.20. The van der Waals surface area contributed by atoms with Gasteiger partial charge in [-0.1, -0.05) is 31.4 Å². The molecule has 0 fully saturated rings. The molecule has 0 unspecified atom stereocenters. The molecule has 17 heavy (non-hydrogen) atoms. The monoisotopic (exact) mass is 260 g/mol. The van der Waals surface area contributed by atoms with Crippen LogP contribution in [0.3, 0.4) is 0 Å². The molecule has 0 aromatic rings. The molecule has 0 aromatic carbocycles. The molecule has 0 aliphatic heterocycles. The van der Waals surface area contributed by atoms with E-state index in [2.05, 4.69) is 25.3 Å². The summed E-state index contributed by atoms with van der Waals surface area (Å²) in [4.78, 5) is 10.9. The zero-order valence-corrected chi connectivity index (χ0v) is 12.6. The van der Waals surface area contributed by atoms with Crippen molar-refractivity contribution in [2.45, 2.75) is 38.0 Å². The van der Waals surface area contributed by atoms with Gasteiger partial charge in [-0.3, -0.25) is 0 Å². The van der Waals surface area contributed by atoms with E-state index in [1.807, 2.05) is 6.08 Å². The molecule has 0 aliphatic carbocycles. The summed E-state index contributed by atoms with van der Waals surface area (Å²) >= 11 is 0. The molecule has 0 spiro atoms. The van der Waals surface area contributed by atoms with Crippen LogP contribution in [0, 0.1) is 0 Å². The lowest BCUT2D eigenvalue weighted by Gasteiger charge is -2.26. The number of aldehydes is 1. The molecule has 0 rings (SSSR count). The van der Waals surface area contributed by atoms with Crippen LogP contribution in [0.25, 0.3) is 0 Å². The van der Waals surface area contributed by atoms with Crippen LogP contribution in [0.2, 0.25) is 19.6 Å². The van der Waals surface area contributed by atoms with Gasteiger partial charge in [0.25, 0.3) is 0 Å². The molecule has 0 aromatic heterocycles. The number of hydrogen-bond acceptors (Lipinski definition) is 4. The average molecular weight is 260 g/mol. The van der Waals surface area contributed by atoms with Crippen LogP contribution < -0.4 is 0 Å². The fraction of sp³-hybridized carbons (Fsp3) is 0.750. The first-order valence-electron chi connectivity index (χ1n) is 5.62. The van der Waals surface area contributed by atoms with Crippen LogP contribution in [0.1, 0.15) is 0 Å². The average Bonchev–Trinajstić information content (AvgIpc) is 2.27. The van der Waals surface area contributed by atoms with E-state index in [0.717, 1.165) is 6.29 Å². The maximum Gasteiger partial charge on any atom is 0.151 e. The van der Waals surface area contributed by atoms with Gasteiger partial charge in [0.15, 0.2) is 6.29 Å². The molecule has 0 bridgehead atoms. The second kappa shape index (κ2) is 7.76. The van der Waals surface area contributed by atoms with Gasteiger partial charge < -0.3 is 19.0 Å². The zero-order chi connectivity index (χ0) is 13.5. The topological polar surface area (TPSA) is 44.8 Å². The Hall–Kier alpha value is -0.493. The van der Waals surface area contributed by atoms with E-state index in [1.165, 1.54) is 7.11 Å². The van der Waals surface area contributed by atoms with Crippen molar-refractivity contribution in [1.82, 2.24) is 0 Å². The van der Waals surface area contributed by atoms with E-state index in [1.54, 1.807) is 14.2 Å². The molecule has 0 saturated carbocycles. The Bertz CT molecular complexity index is 247. The number of rotatable bonds is 8. The van der Waals surface area contributed by atoms with Crippen molar-refractivity contribution in [3.05, 3.63) is 11.8 Å². The van der Waals surface area contributed by atoms with Gasteiger partial charge in [-0.05, 0) is 0 Å². The standard InChI is InChI=1S/C12H24O4Si/c1-14-10(7-8-17(4,5)6)12(16-3)11(9-13)15-2/h7-12H,1-6H3/b8-7-/t10-,11-,12+/m0/s1.